The molecule has 1 saturated heterocycles. The number of amides is 2. The van der Waals surface area contributed by atoms with E-state index in [1.54, 1.807) is 0 Å². The van der Waals surface area contributed by atoms with Crippen molar-refractivity contribution < 1.29 is 38.5 Å². The van der Waals surface area contributed by atoms with Crippen molar-refractivity contribution in [3.8, 4) is 11.5 Å². The van der Waals surface area contributed by atoms with Crippen LogP contribution < -0.4 is 10.2 Å². The first kappa shape index (κ1) is 27.4. The molecular weight excluding hydrogens is 528 g/mol. The van der Waals surface area contributed by atoms with E-state index in [1.807, 2.05) is 0 Å². The molecule has 0 bridgehead atoms. The Balaban J connectivity index is 1.27. The third-order valence-corrected chi connectivity index (χ3v) is 5.85. The SMILES string of the molecule is O=C(COC(=O)[C@@H]1CC(=O)N(NC(=O)c2ccccc2[N+](=O)[O-])C1)c1ccc(Oc2ccc([N+](=O)[O-])cc2)cc1. The highest BCUT2D eigenvalue weighted by Gasteiger charge is 2.37. The maximum absolute atomic E-state index is 12.5. The Morgan fingerprint density at radius 1 is 0.900 bits per heavy atom. The average Bonchev–Trinajstić information content (AvgIpc) is 3.32. The summed E-state index contributed by atoms with van der Waals surface area (Å²) in [7, 11) is 0. The Morgan fingerprint density at radius 3 is 2.15 bits per heavy atom. The van der Waals surface area contributed by atoms with Crippen molar-refractivity contribution in [3.63, 3.8) is 0 Å². The minimum Gasteiger partial charge on any atom is -0.457 e. The van der Waals surface area contributed by atoms with Gasteiger partial charge in [0.15, 0.2) is 12.4 Å². The first-order valence-electron chi connectivity index (χ1n) is 11.7. The van der Waals surface area contributed by atoms with E-state index in [0.29, 0.717) is 11.5 Å². The van der Waals surface area contributed by atoms with Gasteiger partial charge in [-0.25, -0.2) is 0 Å². The molecule has 1 fully saturated rings. The number of Topliss-reactive ketones (excluding diaryl/α,β-unsaturated/α-hetero) is 1. The van der Waals surface area contributed by atoms with Gasteiger partial charge >= 0.3 is 5.97 Å². The number of nitrogens with one attached hydrogen (secondary N) is 1. The number of carbonyl (C=O) groups excluding carboxylic acids is 4. The minimum atomic E-state index is -0.955. The number of hydrogen-bond acceptors (Lipinski definition) is 10. The Morgan fingerprint density at radius 2 is 1.52 bits per heavy atom. The molecule has 1 aliphatic heterocycles. The topological polar surface area (TPSA) is 188 Å². The van der Waals surface area contributed by atoms with E-state index < -0.39 is 51.6 Å². The van der Waals surface area contributed by atoms with Crippen LogP contribution in [0.15, 0.2) is 72.8 Å². The number of nitro groups is 2. The Bertz CT molecular complexity index is 1490. The fraction of sp³-hybridized carbons (Fsp3) is 0.154. The largest absolute Gasteiger partial charge is 0.457 e. The molecule has 1 heterocycles. The average molecular weight is 548 g/mol. The molecule has 0 aromatic heterocycles. The van der Waals surface area contributed by atoms with E-state index in [1.165, 1.54) is 66.7 Å². The van der Waals surface area contributed by atoms with Crippen LogP contribution in [0.5, 0.6) is 11.5 Å². The van der Waals surface area contributed by atoms with E-state index >= 15 is 0 Å². The van der Waals surface area contributed by atoms with Gasteiger partial charge < -0.3 is 9.47 Å². The molecule has 204 valence electrons. The van der Waals surface area contributed by atoms with Crippen LogP contribution >= 0.6 is 0 Å². The van der Waals surface area contributed by atoms with Crippen molar-refractivity contribution in [2.24, 2.45) is 5.92 Å². The number of hydrazine groups is 1. The van der Waals surface area contributed by atoms with Crippen molar-refractivity contribution in [3.05, 3.63) is 104 Å². The normalized spacial score (nSPS) is 14.3. The summed E-state index contributed by atoms with van der Waals surface area (Å²) < 4.78 is 10.7. The van der Waals surface area contributed by atoms with Gasteiger partial charge in [-0.2, -0.15) is 0 Å². The summed E-state index contributed by atoms with van der Waals surface area (Å²) in [5.41, 5.74) is 1.73. The number of benzene rings is 3. The van der Waals surface area contributed by atoms with E-state index in [4.69, 9.17) is 9.47 Å². The molecule has 0 spiro atoms. The summed E-state index contributed by atoms with van der Waals surface area (Å²) in [5.74, 6) is -3.03. The second kappa shape index (κ2) is 11.8. The molecule has 2 amide bonds. The van der Waals surface area contributed by atoms with E-state index in [-0.39, 0.29) is 29.8 Å². The number of ketones is 1. The molecule has 4 rings (SSSR count). The van der Waals surface area contributed by atoms with Crippen molar-refractivity contribution in [2.45, 2.75) is 6.42 Å². The summed E-state index contributed by atoms with van der Waals surface area (Å²) in [4.78, 5) is 70.4. The van der Waals surface area contributed by atoms with Crippen molar-refractivity contribution in [1.29, 1.82) is 0 Å². The number of nitrogens with zero attached hydrogens (tertiary/aromatic N) is 3. The number of ether oxygens (including phenoxy) is 2. The highest BCUT2D eigenvalue weighted by molar-refractivity contribution is 6.00. The lowest BCUT2D eigenvalue weighted by Crippen LogP contribution is -2.43. The molecule has 1 N–H and O–H groups in total. The van der Waals surface area contributed by atoms with Crippen LogP contribution in [0.4, 0.5) is 11.4 Å². The van der Waals surface area contributed by atoms with E-state index in [9.17, 15) is 39.4 Å². The maximum Gasteiger partial charge on any atom is 0.311 e. The van der Waals surface area contributed by atoms with Gasteiger partial charge in [-0.15, -0.1) is 0 Å². The molecule has 14 heteroatoms. The van der Waals surface area contributed by atoms with Crippen LogP contribution in [0, 0.1) is 26.1 Å². The third-order valence-electron chi connectivity index (χ3n) is 5.85. The van der Waals surface area contributed by atoms with Crippen LogP contribution in [0.25, 0.3) is 0 Å². The monoisotopic (exact) mass is 548 g/mol. The third kappa shape index (κ3) is 6.42. The Labute approximate surface area is 225 Å². The number of nitro benzene ring substituents is 2. The second-order valence-corrected chi connectivity index (χ2v) is 8.53. The van der Waals surface area contributed by atoms with E-state index in [0.717, 1.165) is 11.1 Å². The van der Waals surface area contributed by atoms with Crippen LogP contribution in [-0.4, -0.2) is 51.6 Å². The van der Waals surface area contributed by atoms with Crippen LogP contribution in [0.3, 0.4) is 0 Å². The first-order chi connectivity index (χ1) is 19.1. The summed E-state index contributed by atoms with van der Waals surface area (Å²) in [5, 5.41) is 22.8. The lowest BCUT2D eigenvalue weighted by atomic mass is 10.1. The summed E-state index contributed by atoms with van der Waals surface area (Å²) in [6, 6.07) is 16.6. The summed E-state index contributed by atoms with van der Waals surface area (Å²) in [6.07, 6.45) is -0.279. The predicted molar refractivity (Wildman–Crippen MR) is 135 cm³/mol. The molecule has 1 atom stereocenters. The Hall–Kier alpha value is -5.66. The Kier molecular flexibility index (Phi) is 8.08. The van der Waals surface area contributed by atoms with Gasteiger partial charge in [0.1, 0.15) is 17.1 Å². The smallest absolute Gasteiger partial charge is 0.311 e. The van der Waals surface area contributed by atoms with Gasteiger partial charge in [0.2, 0.25) is 5.91 Å². The first-order valence-corrected chi connectivity index (χ1v) is 11.7. The lowest BCUT2D eigenvalue weighted by molar-refractivity contribution is -0.385. The standard InChI is InChI=1S/C26H20N4O10/c31-23(16-5-9-19(10-6-16)40-20-11-7-18(8-12-20)29(35)36)15-39-26(34)17-13-24(32)28(14-17)27-25(33)21-3-1-2-4-22(21)30(37)38/h1-12,17H,13-15H2,(H,27,33)/t17-/m1/s1. The van der Waals surface area contributed by atoms with Gasteiger partial charge in [-0.3, -0.25) is 49.8 Å². The number of hydrogen-bond donors (Lipinski definition) is 1. The van der Waals surface area contributed by atoms with Gasteiger partial charge in [0, 0.05) is 30.2 Å². The number of para-hydroxylation sites is 1. The highest BCUT2D eigenvalue weighted by Crippen LogP contribution is 2.25. The summed E-state index contributed by atoms with van der Waals surface area (Å²) in [6.45, 7) is -0.818. The molecular formula is C26H20N4O10. The fourth-order valence-corrected chi connectivity index (χ4v) is 3.80. The van der Waals surface area contributed by atoms with E-state index in [2.05, 4.69) is 5.43 Å². The predicted octanol–water partition coefficient (Wildman–Crippen LogP) is 3.21. The van der Waals surface area contributed by atoms with Crippen LogP contribution in [0.2, 0.25) is 0 Å². The molecule has 14 nitrogen and oxygen atoms in total. The van der Waals surface area contributed by atoms with Crippen LogP contribution in [0.1, 0.15) is 27.1 Å². The molecule has 0 radical (unpaired) electrons. The molecule has 0 saturated carbocycles. The van der Waals surface area contributed by atoms with Crippen molar-refractivity contribution in [1.82, 2.24) is 10.4 Å². The van der Waals surface area contributed by atoms with Crippen molar-refractivity contribution >= 4 is 34.9 Å². The molecule has 1 aliphatic rings. The van der Waals surface area contributed by atoms with Gasteiger partial charge in [0.05, 0.1) is 22.3 Å². The fourth-order valence-electron chi connectivity index (χ4n) is 3.80. The van der Waals surface area contributed by atoms with Gasteiger partial charge in [-0.1, -0.05) is 12.1 Å². The molecule has 0 unspecified atom stereocenters. The van der Waals surface area contributed by atoms with Gasteiger partial charge in [-0.05, 0) is 42.5 Å². The number of rotatable bonds is 10. The van der Waals surface area contributed by atoms with Gasteiger partial charge in [0.25, 0.3) is 17.3 Å². The second-order valence-electron chi connectivity index (χ2n) is 8.53. The van der Waals surface area contributed by atoms with Crippen LogP contribution in [-0.2, 0) is 14.3 Å². The minimum absolute atomic E-state index is 0.0826. The zero-order valence-corrected chi connectivity index (χ0v) is 20.6. The molecule has 3 aromatic carbocycles. The lowest BCUT2D eigenvalue weighted by Gasteiger charge is -2.17. The molecule has 3 aromatic rings. The number of esters is 1. The van der Waals surface area contributed by atoms with Crippen molar-refractivity contribution in [2.75, 3.05) is 13.2 Å². The summed E-state index contributed by atoms with van der Waals surface area (Å²) >= 11 is 0. The zero-order chi connectivity index (χ0) is 28.8. The number of non-ortho nitro benzene ring substituents is 1. The molecule has 0 aliphatic carbocycles. The zero-order valence-electron chi connectivity index (χ0n) is 20.6. The number of carbonyl (C=O) groups is 4. The maximum atomic E-state index is 12.5. The molecule has 40 heavy (non-hydrogen) atoms. The highest BCUT2D eigenvalue weighted by atomic mass is 16.6. The quantitative estimate of drug-likeness (QED) is 0.170.